The highest BCUT2D eigenvalue weighted by Crippen LogP contribution is 2.29. The lowest BCUT2D eigenvalue weighted by atomic mass is 10.0. The maximum Gasteiger partial charge on any atom is 0.219 e. The molecule has 1 aliphatic rings. The highest BCUT2D eigenvalue weighted by molar-refractivity contribution is 6.18. The molecule has 1 fully saturated rings. The van der Waals surface area contributed by atoms with Gasteiger partial charge in [-0.05, 0) is 118 Å². The molecule has 316 valence electrons. The molecule has 4 aromatic carbocycles. The number of aromatic nitrogens is 4. The third-order valence-corrected chi connectivity index (χ3v) is 11.5. The number of rotatable bonds is 22. The molecule has 1 saturated heterocycles. The van der Waals surface area contributed by atoms with E-state index >= 15 is 0 Å². The van der Waals surface area contributed by atoms with Crippen molar-refractivity contribution in [2.75, 3.05) is 81.0 Å². The minimum Gasteiger partial charge on any atom is -0.494 e. The van der Waals surface area contributed by atoms with Gasteiger partial charge in [-0.25, -0.2) is 9.97 Å². The van der Waals surface area contributed by atoms with Crippen LogP contribution in [0.1, 0.15) is 50.5 Å². The van der Waals surface area contributed by atoms with E-state index in [-0.39, 0.29) is 11.7 Å². The molecule has 0 radical (unpaired) electrons. The second-order valence-corrected chi connectivity index (χ2v) is 16.4. The summed E-state index contributed by atoms with van der Waals surface area (Å²) < 4.78 is 5.97. The molecule has 3 heterocycles. The van der Waals surface area contributed by atoms with E-state index < -0.39 is 0 Å². The number of aryl methyl sites for hydroxylation is 1. The molecular weight excluding hydrogens is 795 g/mol. The van der Waals surface area contributed by atoms with Crippen molar-refractivity contribution >= 4 is 68.3 Å². The maximum atomic E-state index is 12.4. The van der Waals surface area contributed by atoms with Crippen LogP contribution < -0.4 is 19.9 Å². The summed E-state index contributed by atoms with van der Waals surface area (Å²) in [5.74, 6) is 3.76. The number of benzene rings is 4. The fourth-order valence-corrected chi connectivity index (χ4v) is 8.05. The number of carbonyl (C=O) groups excluding carboxylic acids is 2. The van der Waals surface area contributed by atoms with Crippen molar-refractivity contribution in [1.82, 2.24) is 30.2 Å². The molecule has 3 N–H and O–H groups in total. The first-order chi connectivity index (χ1) is 29.3. The first-order valence-electron chi connectivity index (χ1n) is 21.3. The van der Waals surface area contributed by atoms with Gasteiger partial charge in [-0.15, -0.1) is 23.2 Å². The topological polar surface area (TPSA) is 122 Å². The van der Waals surface area contributed by atoms with Crippen LogP contribution in [0.2, 0.25) is 0 Å². The summed E-state index contributed by atoms with van der Waals surface area (Å²) in [5, 5.41) is 2.95. The average Bonchev–Trinajstić information content (AvgIpc) is 3.90. The zero-order chi connectivity index (χ0) is 41.7. The van der Waals surface area contributed by atoms with Crippen LogP contribution in [-0.2, 0) is 16.0 Å². The van der Waals surface area contributed by atoms with Crippen LogP contribution >= 0.6 is 23.2 Å². The minimum absolute atomic E-state index is 0.0109. The Hall–Kier alpha value is -5.10. The Morgan fingerprint density at radius 3 is 2.10 bits per heavy atom. The number of halogens is 2. The third-order valence-electron chi connectivity index (χ3n) is 11.2. The van der Waals surface area contributed by atoms with Crippen molar-refractivity contribution in [3.63, 3.8) is 0 Å². The number of aromatic amines is 2. The summed E-state index contributed by atoms with van der Waals surface area (Å²) in [6.07, 6.45) is 5.30. The molecule has 1 amide bonds. The molecule has 2 aromatic heterocycles. The summed E-state index contributed by atoms with van der Waals surface area (Å²) in [6, 6.07) is 29.0. The standard InChI is InChI=1S/C47H56Cl2N8O3/c1-55-27-29-57(30-28-55)38-17-21-42-44(33-38)54-47(52-42)36-14-20-41-43(32-36)53-46(51-41)35-12-18-40(19-13-35)60-31-3-2-9-45(59)50-24-5-8-39(58)7-4-6-34-10-15-37(16-11-34)56(25-22-48)26-23-49/h10-21,32-33H,2-9,22-31H2,1H3,(H,50,59)(H,51,53)(H,52,54). The van der Waals surface area contributed by atoms with Crippen LogP contribution in [0.25, 0.3) is 44.8 Å². The van der Waals surface area contributed by atoms with Crippen LogP contribution in [0.3, 0.4) is 0 Å². The Bertz CT molecular complexity index is 2300. The molecule has 0 saturated carbocycles. The van der Waals surface area contributed by atoms with Gasteiger partial charge in [-0.1, -0.05) is 12.1 Å². The molecule has 11 nitrogen and oxygen atoms in total. The van der Waals surface area contributed by atoms with Gasteiger partial charge in [0.15, 0.2) is 0 Å². The maximum absolute atomic E-state index is 12.4. The molecule has 6 aromatic rings. The van der Waals surface area contributed by atoms with Gasteiger partial charge in [0.2, 0.25) is 5.91 Å². The molecule has 0 spiro atoms. The normalized spacial score (nSPS) is 13.3. The molecule has 0 unspecified atom stereocenters. The van der Waals surface area contributed by atoms with Crippen molar-refractivity contribution in [3.8, 4) is 28.5 Å². The number of carbonyl (C=O) groups is 2. The predicted octanol–water partition coefficient (Wildman–Crippen LogP) is 8.85. The van der Waals surface area contributed by atoms with Gasteiger partial charge in [0, 0.05) is 99.3 Å². The number of nitrogens with zero attached hydrogens (tertiary/aromatic N) is 5. The molecular formula is C47H56Cl2N8O3. The Morgan fingerprint density at radius 1 is 0.733 bits per heavy atom. The van der Waals surface area contributed by atoms with Crippen LogP contribution in [-0.4, -0.2) is 108 Å². The van der Waals surface area contributed by atoms with Gasteiger partial charge in [-0.3, -0.25) is 9.59 Å². The summed E-state index contributed by atoms with van der Waals surface area (Å²) >= 11 is 11.9. The number of hydrogen-bond donors (Lipinski definition) is 3. The number of likely N-dealkylation sites (N-methyl/N-ethyl adjacent to an activating group) is 1. The molecule has 7 rings (SSSR count). The minimum atomic E-state index is 0.0109. The van der Waals surface area contributed by atoms with Crippen molar-refractivity contribution in [2.24, 2.45) is 0 Å². The SMILES string of the molecule is CN1CCN(c2ccc3nc(-c4ccc5nc(-c6ccc(OCCCCC(=O)NCCCC(=O)CCCc7ccc(N(CCCl)CCCl)cc7)cc6)[nH]c5c4)[nH]c3c2)CC1. The second kappa shape index (κ2) is 21.4. The van der Waals surface area contributed by atoms with E-state index in [1.54, 1.807) is 0 Å². The van der Waals surface area contributed by atoms with Gasteiger partial charge in [-0.2, -0.15) is 0 Å². The number of hydrogen-bond acceptors (Lipinski definition) is 8. The number of ketones is 1. The largest absolute Gasteiger partial charge is 0.494 e. The predicted molar refractivity (Wildman–Crippen MR) is 246 cm³/mol. The smallest absolute Gasteiger partial charge is 0.219 e. The molecule has 0 bridgehead atoms. The van der Waals surface area contributed by atoms with Crippen molar-refractivity contribution in [3.05, 3.63) is 90.5 Å². The Balaban J connectivity index is 0.772. The Labute approximate surface area is 362 Å². The van der Waals surface area contributed by atoms with Gasteiger partial charge < -0.3 is 34.7 Å². The average molecular weight is 852 g/mol. The van der Waals surface area contributed by atoms with Crippen molar-refractivity contribution < 1.29 is 14.3 Å². The van der Waals surface area contributed by atoms with Gasteiger partial charge >= 0.3 is 0 Å². The number of unbranched alkanes of at least 4 members (excludes halogenated alkanes) is 1. The van der Waals surface area contributed by atoms with E-state index in [0.29, 0.717) is 50.6 Å². The van der Waals surface area contributed by atoms with Crippen molar-refractivity contribution in [1.29, 1.82) is 0 Å². The van der Waals surface area contributed by atoms with E-state index in [9.17, 15) is 9.59 Å². The lowest BCUT2D eigenvalue weighted by Crippen LogP contribution is -2.44. The monoisotopic (exact) mass is 850 g/mol. The first-order valence-corrected chi connectivity index (χ1v) is 22.3. The number of anilines is 2. The number of amides is 1. The number of Topliss-reactive ketones (excluding diaryl/α,β-unsaturated/α-hetero) is 1. The Kier molecular flexibility index (Phi) is 15.4. The van der Waals surface area contributed by atoms with Gasteiger partial charge in [0.05, 0.1) is 28.7 Å². The highest BCUT2D eigenvalue weighted by atomic mass is 35.5. The molecule has 0 atom stereocenters. The summed E-state index contributed by atoms with van der Waals surface area (Å²) in [6.45, 7) is 6.75. The first kappa shape index (κ1) is 43.0. The third kappa shape index (κ3) is 11.8. The van der Waals surface area contributed by atoms with E-state index in [1.165, 1.54) is 11.3 Å². The fourth-order valence-electron chi connectivity index (χ4n) is 7.64. The molecule has 0 aliphatic carbocycles. The summed E-state index contributed by atoms with van der Waals surface area (Å²) in [7, 11) is 2.17. The zero-order valence-electron chi connectivity index (χ0n) is 34.5. The number of nitrogens with one attached hydrogen (secondary N) is 3. The van der Waals surface area contributed by atoms with E-state index in [0.717, 1.165) is 121 Å². The summed E-state index contributed by atoms with van der Waals surface area (Å²) in [4.78, 5) is 48.5. The van der Waals surface area contributed by atoms with E-state index in [1.807, 2.05) is 30.3 Å². The number of imidazole rings is 2. The number of fused-ring (bicyclic) bond motifs is 2. The van der Waals surface area contributed by atoms with Crippen molar-refractivity contribution in [2.45, 2.75) is 51.4 Å². The lowest BCUT2D eigenvalue weighted by Gasteiger charge is -2.34. The number of H-pyrrole nitrogens is 2. The lowest BCUT2D eigenvalue weighted by molar-refractivity contribution is -0.122. The molecule has 1 aliphatic heterocycles. The van der Waals surface area contributed by atoms with Crippen LogP contribution in [0.15, 0.2) is 84.9 Å². The van der Waals surface area contributed by atoms with Crippen LogP contribution in [0, 0.1) is 0 Å². The second-order valence-electron chi connectivity index (χ2n) is 15.6. The van der Waals surface area contributed by atoms with Crippen LogP contribution in [0.5, 0.6) is 5.75 Å². The van der Waals surface area contributed by atoms with E-state index in [2.05, 4.69) is 91.6 Å². The fraction of sp³-hybridized carbons (Fsp3) is 0.404. The quantitative estimate of drug-likeness (QED) is 0.0458. The molecule has 13 heteroatoms. The number of piperazine rings is 1. The van der Waals surface area contributed by atoms with E-state index in [4.69, 9.17) is 37.9 Å². The number of ether oxygens (including phenoxy) is 1. The Morgan fingerprint density at radius 2 is 1.38 bits per heavy atom. The summed E-state index contributed by atoms with van der Waals surface area (Å²) in [5.41, 5.74) is 9.33. The van der Waals surface area contributed by atoms with Gasteiger partial charge in [0.25, 0.3) is 0 Å². The van der Waals surface area contributed by atoms with Gasteiger partial charge in [0.1, 0.15) is 23.2 Å². The number of alkyl halides is 2. The van der Waals surface area contributed by atoms with Crippen LogP contribution in [0.4, 0.5) is 11.4 Å². The highest BCUT2D eigenvalue weighted by Gasteiger charge is 2.16. The molecule has 60 heavy (non-hydrogen) atoms. The zero-order valence-corrected chi connectivity index (χ0v) is 36.0.